The number of benzene rings is 2. The molecule has 2 aromatic rings. The Bertz CT molecular complexity index is 1150. The molecule has 4 amide bonds. The SMILES string of the molecule is O=C(CC12CC3CC(CC(C3)C1)C2)NNC(=O)c1ccc(CN2C(=O)c3ccccc3C2=O)cc1. The molecule has 0 unspecified atom stereocenters. The summed E-state index contributed by atoms with van der Waals surface area (Å²) in [4.78, 5) is 51.6. The van der Waals surface area contributed by atoms with Crippen LogP contribution in [-0.2, 0) is 11.3 Å². The van der Waals surface area contributed by atoms with Gasteiger partial charge in [-0.2, -0.15) is 0 Å². The molecule has 7 nitrogen and oxygen atoms in total. The summed E-state index contributed by atoms with van der Waals surface area (Å²) in [6.07, 6.45) is 7.93. The standard InChI is InChI=1S/C28H29N3O4/c32-24(15-28-12-18-9-19(13-28)11-20(10-18)14-28)29-30-25(33)21-7-5-17(6-8-21)16-31-26(34)22-3-1-2-4-23(22)27(31)35/h1-8,18-20H,9-16H2,(H,29,32)(H,30,33). The Morgan fingerprint density at radius 2 is 1.34 bits per heavy atom. The number of rotatable bonds is 5. The van der Waals surface area contributed by atoms with Gasteiger partial charge in [-0.05, 0) is 91.5 Å². The number of amides is 4. The minimum absolute atomic E-state index is 0.120. The van der Waals surface area contributed by atoms with Gasteiger partial charge in [-0.3, -0.25) is 34.9 Å². The van der Waals surface area contributed by atoms with E-state index < -0.39 is 5.91 Å². The van der Waals surface area contributed by atoms with Gasteiger partial charge in [-0.1, -0.05) is 24.3 Å². The number of hydrogen-bond acceptors (Lipinski definition) is 4. The molecule has 4 saturated carbocycles. The first-order valence-electron chi connectivity index (χ1n) is 12.5. The maximum absolute atomic E-state index is 12.7. The van der Waals surface area contributed by atoms with E-state index in [1.165, 1.54) is 24.2 Å². The second-order valence-electron chi connectivity index (χ2n) is 11.0. The van der Waals surface area contributed by atoms with E-state index in [4.69, 9.17) is 0 Å². The Labute approximate surface area is 204 Å². The van der Waals surface area contributed by atoms with Crippen molar-refractivity contribution in [3.05, 3.63) is 70.8 Å². The van der Waals surface area contributed by atoms with Crippen LogP contribution in [0.5, 0.6) is 0 Å². The van der Waals surface area contributed by atoms with Gasteiger partial charge in [0, 0.05) is 12.0 Å². The Balaban J connectivity index is 1.03. The molecule has 7 heteroatoms. The smallest absolute Gasteiger partial charge is 0.269 e. The predicted molar refractivity (Wildman–Crippen MR) is 128 cm³/mol. The molecule has 180 valence electrons. The Morgan fingerprint density at radius 3 is 1.89 bits per heavy atom. The van der Waals surface area contributed by atoms with Crippen molar-refractivity contribution in [3.63, 3.8) is 0 Å². The average molecular weight is 472 g/mol. The van der Waals surface area contributed by atoms with E-state index in [0.29, 0.717) is 23.1 Å². The third kappa shape index (κ3) is 4.03. The highest BCUT2D eigenvalue weighted by molar-refractivity contribution is 6.21. The first kappa shape index (κ1) is 22.0. The lowest BCUT2D eigenvalue weighted by Gasteiger charge is -2.56. The van der Waals surface area contributed by atoms with Crippen molar-refractivity contribution in [3.8, 4) is 0 Å². The summed E-state index contributed by atoms with van der Waals surface area (Å²) >= 11 is 0. The molecule has 0 spiro atoms. The highest BCUT2D eigenvalue weighted by Crippen LogP contribution is 2.61. The van der Waals surface area contributed by atoms with Gasteiger partial charge in [0.15, 0.2) is 0 Å². The number of hydrazine groups is 1. The molecule has 1 heterocycles. The second-order valence-corrected chi connectivity index (χ2v) is 11.0. The van der Waals surface area contributed by atoms with Crippen LogP contribution < -0.4 is 10.9 Å². The zero-order valence-electron chi connectivity index (χ0n) is 19.6. The summed E-state index contributed by atoms with van der Waals surface area (Å²) in [6.45, 7) is 0.135. The van der Waals surface area contributed by atoms with Crippen LogP contribution in [0.4, 0.5) is 0 Å². The monoisotopic (exact) mass is 471 g/mol. The zero-order chi connectivity index (χ0) is 24.2. The molecule has 2 N–H and O–H groups in total. The lowest BCUT2D eigenvalue weighted by Crippen LogP contribution is -2.50. The van der Waals surface area contributed by atoms with Crippen molar-refractivity contribution in [1.29, 1.82) is 0 Å². The lowest BCUT2D eigenvalue weighted by atomic mass is 9.49. The first-order valence-corrected chi connectivity index (χ1v) is 12.5. The van der Waals surface area contributed by atoms with Gasteiger partial charge in [0.05, 0.1) is 17.7 Å². The van der Waals surface area contributed by atoms with Gasteiger partial charge in [-0.25, -0.2) is 0 Å². The topological polar surface area (TPSA) is 95.6 Å². The molecule has 4 aliphatic carbocycles. The molecule has 35 heavy (non-hydrogen) atoms. The molecule has 0 aromatic heterocycles. The van der Waals surface area contributed by atoms with E-state index >= 15 is 0 Å². The van der Waals surface area contributed by atoms with Gasteiger partial charge in [0.2, 0.25) is 5.91 Å². The molecule has 5 aliphatic rings. The average Bonchev–Trinajstić information content (AvgIpc) is 3.07. The highest BCUT2D eigenvalue weighted by atomic mass is 16.2. The van der Waals surface area contributed by atoms with E-state index in [1.807, 2.05) is 0 Å². The Kier molecular flexibility index (Phi) is 5.24. The number of nitrogens with zero attached hydrogens (tertiary/aromatic N) is 1. The molecule has 4 fully saturated rings. The third-order valence-electron chi connectivity index (χ3n) is 8.45. The van der Waals surface area contributed by atoms with Crippen molar-refractivity contribution < 1.29 is 19.2 Å². The zero-order valence-corrected chi connectivity index (χ0v) is 19.6. The van der Waals surface area contributed by atoms with E-state index in [-0.39, 0.29) is 29.7 Å². The van der Waals surface area contributed by atoms with Crippen molar-refractivity contribution in [2.24, 2.45) is 23.2 Å². The number of fused-ring (bicyclic) bond motifs is 1. The van der Waals surface area contributed by atoms with Crippen LogP contribution >= 0.6 is 0 Å². The lowest BCUT2D eigenvalue weighted by molar-refractivity contribution is -0.130. The molecule has 4 bridgehead atoms. The molecule has 0 atom stereocenters. The minimum atomic E-state index is -0.392. The molecular formula is C28H29N3O4. The van der Waals surface area contributed by atoms with Crippen molar-refractivity contribution >= 4 is 23.6 Å². The van der Waals surface area contributed by atoms with Gasteiger partial charge in [0.1, 0.15) is 0 Å². The Morgan fingerprint density at radius 1 is 0.800 bits per heavy atom. The van der Waals surface area contributed by atoms with E-state index in [9.17, 15) is 19.2 Å². The number of carbonyl (C=O) groups is 4. The van der Waals surface area contributed by atoms with Crippen LogP contribution in [0.25, 0.3) is 0 Å². The van der Waals surface area contributed by atoms with Crippen LogP contribution in [0.2, 0.25) is 0 Å². The van der Waals surface area contributed by atoms with Crippen LogP contribution in [0.1, 0.15) is 81.6 Å². The van der Waals surface area contributed by atoms with E-state index in [0.717, 1.165) is 42.6 Å². The normalized spacial score (nSPS) is 28.2. The summed E-state index contributed by atoms with van der Waals surface area (Å²) in [5.74, 6) is 1.20. The fraction of sp³-hybridized carbons (Fsp3) is 0.429. The van der Waals surface area contributed by atoms with E-state index in [1.54, 1.807) is 48.5 Å². The largest absolute Gasteiger partial charge is 0.273 e. The first-order chi connectivity index (χ1) is 16.9. The van der Waals surface area contributed by atoms with Crippen molar-refractivity contribution in [2.75, 3.05) is 0 Å². The van der Waals surface area contributed by atoms with Crippen LogP contribution in [-0.4, -0.2) is 28.5 Å². The molecular weight excluding hydrogens is 442 g/mol. The summed E-state index contributed by atoms with van der Waals surface area (Å²) in [5.41, 5.74) is 7.24. The van der Waals surface area contributed by atoms with Crippen LogP contribution in [0, 0.1) is 23.2 Å². The van der Waals surface area contributed by atoms with Crippen LogP contribution in [0.3, 0.4) is 0 Å². The number of hydrogen-bond donors (Lipinski definition) is 2. The molecule has 0 radical (unpaired) electrons. The number of nitrogens with one attached hydrogen (secondary N) is 2. The van der Waals surface area contributed by atoms with Gasteiger partial charge >= 0.3 is 0 Å². The molecule has 0 saturated heterocycles. The second kappa shape index (κ2) is 8.33. The number of imide groups is 1. The van der Waals surface area contributed by atoms with E-state index in [2.05, 4.69) is 10.9 Å². The predicted octanol–water partition coefficient (Wildman–Crippen LogP) is 3.85. The van der Waals surface area contributed by atoms with Gasteiger partial charge in [-0.15, -0.1) is 0 Å². The Hall–Kier alpha value is -3.48. The molecule has 1 aliphatic heterocycles. The fourth-order valence-corrected chi connectivity index (χ4v) is 7.42. The quantitative estimate of drug-likeness (QED) is 0.512. The maximum Gasteiger partial charge on any atom is 0.269 e. The van der Waals surface area contributed by atoms with Crippen molar-refractivity contribution in [2.45, 2.75) is 51.5 Å². The summed E-state index contributed by atoms with van der Waals surface area (Å²) < 4.78 is 0. The highest BCUT2D eigenvalue weighted by Gasteiger charge is 2.51. The van der Waals surface area contributed by atoms with Crippen molar-refractivity contribution in [1.82, 2.24) is 15.8 Å². The van der Waals surface area contributed by atoms with Gasteiger partial charge < -0.3 is 0 Å². The minimum Gasteiger partial charge on any atom is -0.273 e. The van der Waals surface area contributed by atoms with Crippen LogP contribution in [0.15, 0.2) is 48.5 Å². The van der Waals surface area contributed by atoms with Gasteiger partial charge in [0.25, 0.3) is 17.7 Å². The number of carbonyl (C=O) groups excluding carboxylic acids is 4. The summed E-state index contributed by atoms with van der Waals surface area (Å²) in [6, 6.07) is 13.5. The molecule has 2 aromatic carbocycles. The fourth-order valence-electron chi connectivity index (χ4n) is 7.42. The summed E-state index contributed by atoms with van der Waals surface area (Å²) in [7, 11) is 0. The summed E-state index contributed by atoms with van der Waals surface area (Å²) in [5, 5.41) is 0. The maximum atomic E-state index is 12.7. The third-order valence-corrected chi connectivity index (χ3v) is 8.45. The molecule has 7 rings (SSSR count).